The van der Waals surface area contributed by atoms with Gasteiger partial charge in [-0.25, -0.2) is 0 Å². The molecule has 2 N–H and O–H groups in total. The molecule has 2 heteroatoms. The Labute approximate surface area is 104 Å². The maximum atomic E-state index is 9.28. The van der Waals surface area contributed by atoms with E-state index in [0.717, 1.165) is 6.54 Å². The van der Waals surface area contributed by atoms with E-state index in [-0.39, 0.29) is 0 Å². The molecule has 0 saturated heterocycles. The third-order valence-electron chi connectivity index (χ3n) is 3.74. The van der Waals surface area contributed by atoms with Crippen molar-refractivity contribution in [2.75, 3.05) is 6.61 Å². The Balaban J connectivity index is 1.93. The Morgan fingerprint density at radius 3 is 2.53 bits per heavy atom. The van der Waals surface area contributed by atoms with Gasteiger partial charge >= 0.3 is 0 Å². The van der Waals surface area contributed by atoms with Crippen LogP contribution in [0.2, 0.25) is 0 Å². The number of benzene rings is 1. The molecule has 1 aliphatic carbocycles. The van der Waals surface area contributed by atoms with Crippen LogP contribution in [0.25, 0.3) is 0 Å². The zero-order valence-corrected chi connectivity index (χ0v) is 10.9. The van der Waals surface area contributed by atoms with Crippen molar-refractivity contribution in [3.63, 3.8) is 0 Å². The Kier molecular flexibility index (Phi) is 4.19. The third kappa shape index (κ3) is 3.30. The summed E-state index contributed by atoms with van der Waals surface area (Å²) in [7, 11) is 0. The first-order chi connectivity index (χ1) is 8.19. The molecule has 0 aromatic heterocycles. The monoisotopic (exact) mass is 233 g/mol. The van der Waals surface area contributed by atoms with Crippen molar-refractivity contribution >= 4 is 0 Å². The standard InChI is InChI=1S/C15H23NO/c1-11-6-12(2)8-13(7-11)9-16-15-5-3-4-14(15)10-17/h6-8,14-17H,3-5,9-10H2,1-2H3. The summed E-state index contributed by atoms with van der Waals surface area (Å²) < 4.78 is 0. The lowest BCUT2D eigenvalue weighted by molar-refractivity contribution is 0.205. The zero-order chi connectivity index (χ0) is 12.3. The predicted molar refractivity (Wildman–Crippen MR) is 71.0 cm³/mol. The van der Waals surface area contributed by atoms with Crippen molar-refractivity contribution < 1.29 is 5.11 Å². The van der Waals surface area contributed by atoms with Crippen LogP contribution in [0, 0.1) is 19.8 Å². The fraction of sp³-hybridized carbons (Fsp3) is 0.600. The van der Waals surface area contributed by atoms with Gasteiger partial charge in [-0.15, -0.1) is 0 Å². The molecule has 94 valence electrons. The molecule has 2 rings (SSSR count). The first-order valence-corrected chi connectivity index (χ1v) is 6.60. The summed E-state index contributed by atoms with van der Waals surface area (Å²) >= 11 is 0. The SMILES string of the molecule is Cc1cc(C)cc(CNC2CCCC2CO)c1. The quantitative estimate of drug-likeness (QED) is 0.837. The molecule has 0 heterocycles. The van der Waals surface area contributed by atoms with Crippen molar-refractivity contribution in [2.24, 2.45) is 5.92 Å². The summed E-state index contributed by atoms with van der Waals surface area (Å²) in [5, 5.41) is 12.9. The van der Waals surface area contributed by atoms with E-state index in [2.05, 4.69) is 37.4 Å². The van der Waals surface area contributed by atoms with Gasteiger partial charge in [0.15, 0.2) is 0 Å². The minimum Gasteiger partial charge on any atom is -0.396 e. The average molecular weight is 233 g/mol. The summed E-state index contributed by atoms with van der Waals surface area (Å²) in [5.41, 5.74) is 4.00. The Morgan fingerprint density at radius 1 is 1.18 bits per heavy atom. The molecule has 2 unspecified atom stereocenters. The molecule has 0 radical (unpaired) electrons. The molecule has 1 aliphatic rings. The normalized spacial score (nSPS) is 24.2. The van der Waals surface area contributed by atoms with E-state index in [1.807, 2.05) is 0 Å². The molecule has 1 aromatic carbocycles. The van der Waals surface area contributed by atoms with Gasteiger partial charge in [0.1, 0.15) is 0 Å². The second-order valence-electron chi connectivity index (χ2n) is 5.36. The van der Waals surface area contributed by atoms with Crippen LogP contribution in [0.4, 0.5) is 0 Å². The highest BCUT2D eigenvalue weighted by atomic mass is 16.3. The van der Waals surface area contributed by atoms with E-state index in [4.69, 9.17) is 0 Å². The zero-order valence-electron chi connectivity index (χ0n) is 10.9. The first-order valence-electron chi connectivity index (χ1n) is 6.60. The average Bonchev–Trinajstić information content (AvgIpc) is 2.72. The lowest BCUT2D eigenvalue weighted by Gasteiger charge is -2.19. The third-order valence-corrected chi connectivity index (χ3v) is 3.74. The summed E-state index contributed by atoms with van der Waals surface area (Å²) in [5.74, 6) is 0.459. The largest absolute Gasteiger partial charge is 0.396 e. The molecule has 2 nitrogen and oxygen atoms in total. The molecule has 1 saturated carbocycles. The van der Waals surface area contributed by atoms with Gasteiger partial charge in [0, 0.05) is 19.2 Å². The topological polar surface area (TPSA) is 32.3 Å². The fourth-order valence-corrected chi connectivity index (χ4v) is 2.94. The number of hydrogen-bond donors (Lipinski definition) is 2. The molecule has 17 heavy (non-hydrogen) atoms. The molecule has 2 atom stereocenters. The van der Waals surface area contributed by atoms with E-state index < -0.39 is 0 Å². The highest BCUT2D eigenvalue weighted by Crippen LogP contribution is 2.25. The maximum absolute atomic E-state index is 9.28. The van der Waals surface area contributed by atoms with Crippen LogP contribution < -0.4 is 5.32 Å². The highest BCUT2D eigenvalue weighted by molar-refractivity contribution is 5.28. The summed E-state index contributed by atoms with van der Waals surface area (Å²) in [6.45, 7) is 5.53. The molecule has 0 aliphatic heterocycles. The van der Waals surface area contributed by atoms with E-state index in [0.29, 0.717) is 18.6 Å². The van der Waals surface area contributed by atoms with Crippen LogP contribution in [0.5, 0.6) is 0 Å². The van der Waals surface area contributed by atoms with Gasteiger partial charge in [0.05, 0.1) is 0 Å². The Hall–Kier alpha value is -0.860. The number of aliphatic hydroxyl groups is 1. The van der Waals surface area contributed by atoms with Crippen molar-refractivity contribution in [1.82, 2.24) is 5.32 Å². The van der Waals surface area contributed by atoms with Gasteiger partial charge in [0.2, 0.25) is 0 Å². The summed E-state index contributed by atoms with van der Waals surface area (Å²) in [6.07, 6.45) is 3.62. The molecule has 0 spiro atoms. The molecule has 0 bridgehead atoms. The summed E-state index contributed by atoms with van der Waals surface area (Å²) in [6, 6.07) is 7.18. The fourth-order valence-electron chi connectivity index (χ4n) is 2.94. The first kappa shape index (κ1) is 12.6. The van der Waals surface area contributed by atoms with E-state index in [1.54, 1.807) is 0 Å². The highest BCUT2D eigenvalue weighted by Gasteiger charge is 2.25. The van der Waals surface area contributed by atoms with Gasteiger partial charge in [-0.1, -0.05) is 35.7 Å². The molecular weight excluding hydrogens is 210 g/mol. The molecular formula is C15H23NO. The van der Waals surface area contributed by atoms with Crippen LogP contribution in [0.1, 0.15) is 36.0 Å². The lowest BCUT2D eigenvalue weighted by atomic mass is 10.0. The van der Waals surface area contributed by atoms with Crippen LogP contribution in [-0.4, -0.2) is 17.8 Å². The smallest absolute Gasteiger partial charge is 0.0474 e. The van der Waals surface area contributed by atoms with Crippen molar-refractivity contribution in [2.45, 2.75) is 45.7 Å². The van der Waals surface area contributed by atoms with Gasteiger partial charge in [-0.2, -0.15) is 0 Å². The Bertz CT molecular complexity index is 355. The minimum absolute atomic E-state index is 0.324. The van der Waals surface area contributed by atoms with E-state index in [1.165, 1.54) is 36.0 Å². The number of aliphatic hydroxyl groups excluding tert-OH is 1. The number of aryl methyl sites for hydroxylation is 2. The van der Waals surface area contributed by atoms with Gasteiger partial charge < -0.3 is 10.4 Å². The second kappa shape index (κ2) is 5.65. The van der Waals surface area contributed by atoms with E-state index >= 15 is 0 Å². The van der Waals surface area contributed by atoms with Crippen molar-refractivity contribution in [1.29, 1.82) is 0 Å². The van der Waals surface area contributed by atoms with Crippen LogP contribution in [0.15, 0.2) is 18.2 Å². The predicted octanol–water partition coefficient (Wildman–Crippen LogP) is 2.55. The van der Waals surface area contributed by atoms with Crippen LogP contribution in [0.3, 0.4) is 0 Å². The number of nitrogens with one attached hydrogen (secondary N) is 1. The lowest BCUT2D eigenvalue weighted by Crippen LogP contribution is -2.33. The number of rotatable bonds is 4. The second-order valence-corrected chi connectivity index (χ2v) is 5.36. The molecule has 1 fully saturated rings. The number of hydrogen-bond acceptors (Lipinski definition) is 2. The van der Waals surface area contributed by atoms with E-state index in [9.17, 15) is 5.11 Å². The van der Waals surface area contributed by atoms with Gasteiger partial charge in [-0.05, 0) is 38.2 Å². The van der Waals surface area contributed by atoms with Crippen molar-refractivity contribution in [3.8, 4) is 0 Å². The molecule has 0 amide bonds. The summed E-state index contributed by atoms with van der Waals surface area (Å²) in [4.78, 5) is 0. The molecule has 1 aromatic rings. The van der Waals surface area contributed by atoms with Crippen molar-refractivity contribution in [3.05, 3.63) is 34.9 Å². The van der Waals surface area contributed by atoms with Crippen LogP contribution >= 0.6 is 0 Å². The Morgan fingerprint density at radius 2 is 1.88 bits per heavy atom. The van der Waals surface area contributed by atoms with Crippen LogP contribution in [-0.2, 0) is 6.54 Å². The van der Waals surface area contributed by atoms with Gasteiger partial charge in [0.25, 0.3) is 0 Å². The maximum Gasteiger partial charge on any atom is 0.0474 e. The minimum atomic E-state index is 0.324. The van der Waals surface area contributed by atoms with Gasteiger partial charge in [-0.3, -0.25) is 0 Å².